The Kier molecular flexibility index (Phi) is 5.49. The quantitative estimate of drug-likeness (QED) is 0.829. The number of hydrogen-bond donors (Lipinski definition) is 1. The van der Waals surface area contributed by atoms with E-state index in [1.807, 2.05) is 27.0 Å². The van der Waals surface area contributed by atoms with Gasteiger partial charge in [0.15, 0.2) is 18.2 Å². The number of carbonyl (C=O) groups excluding carboxylic acids is 3. The van der Waals surface area contributed by atoms with Crippen LogP contribution in [0.5, 0.6) is 5.75 Å². The summed E-state index contributed by atoms with van der Waals surface area (Å²) in [7, 11) is 0. The van der Waals surface area contributed by atoms with Gasteiger partial charge in [-0.2, -0.15) is 0 Å². The maximum atomic E-state index is 12.7. The standard InChI is InChI=1S/C18H21NO4S/c1-18(2,3)12-8-13(20)16-11(17(12)22)6-5-7-14(16)23-9-15(21)19-10-24-4/h5-8H,9-10H2,1-4H3,(H,19,21). The zero-order valence-corrected chi connectivity index (χ0v) is 15.1. The van der Waals surface area contributed by atoms with Crippen LogP contribution in [0.4, 0.5) is 0 Å². The van der Waals surface area contributed by atoms with Gasteiger partial charge in [0.25, 0.3) is 5.91 Å². The lowest BCUT2D eigenvalue weighted by atomic mass is 9.77. The van der Waals surface area contributed by atoms with Crippen LogP contribution >= 0.6 is 11.8 Å². The van der Waals surface area contributed by atoms with E-state index in [1.165, 1.54) is 17.8 Å². The number of benzene rings is 1. The fourth-order valence-corrected chi connectivity index (χ4v) is 2.72. The summed E-state index contributed by atoms with van der Waals surface area (Å²) in [5.41, 5.74) is 0.622. The van der Waals surface area contributed by atoms with E-state index in [9.17, 15) is 14.4 Å². The third kappa shape index (κ3) is 3.87. The minimum absolute atomic E-state index is 0.172. The van der Waals surface area contributed by atoms with E-state index in [0.29, 0.717) is 17.0 Å². The first-order chi connectivity index (χ1) is 11.3. The maximum Gasteiger partial charge on any atom is 0.258 e. The van der Waals surface area contributed by atoms with Crippen molar-refractivity contribution in [2.45, 2.75) is 20.8 Å². The number of thioether (sulfide) groups is 1. The van der Waals surface area contributed by atoms with Gasteiger partial charge in [0.2, 0.25) is 0 Å². The highest BCUT2D eigenvalue weighted by atomic mass is 32.2. The zero-order chi connectivity index (χ0) is 17.9. The topological polar surface area (TPSA) is 72.5 Å². The largest absolute Gasteiger partial charge is 0.483 e. The maximum absolute atomic E-state index is 12.7. The van der Waals surface area contributed by atoms with Crippen LogP contribution in [0.25, 0.3) is 0 Å². The molecule has 0 aromatic heterocycles. The molecule has 5 nitrogen and oxygen atoms in total. The first kappa shape index (κ1) is 18.3. The van der Waals surface area contributed by atoms with Crippen LogP contribution in [0.3, 0.4) is 0 Å². The molecule has 0 atom stereocenters. The van der Waals surface area contributed by atoms with Crippen LogP contribution in [0.15, 0.2) is 29.8 Å². The van der Waals surface area contributed by atoms with Crippen molar-refractivity contribution in [3.63, 3.8) is 0 Å². The number of Topliss-reactive ketones (excluding diaryl/α,β-unsaturated/α-hetero) is 1. The summed E-state index contributed by atoms with van der Waals surface area (Å²) >= 11 is 1.48. The first-order valence-corrected chi connectivity index (χ1v) is 8.97. The summed E-state index contributed by atoms with van der Waals surface area (Å²) < 4.78 is 5.48. The lowest BCUT2D eigenvalue weighted by Gasteiger charge is -2.26. The van der Waals surface area contributed by atoms with Crippen molar-refractivity contribution in [3.8, 4) is 5.75 Å². The Morgan fingerprint density at radius 1 is 1.25 bits per heavy atom. The molecule has 0 unspecified atom stereocenters. The first-order valence-electron chi connectivity index (χ1n) is 7.58. The second-order valence-electron chi connectivity index (χ2n) is 6.50. The van der Waals surface area contributed by atoms with Gasteiger partial charge in [-0.3, -0.25) is 14.4 Å². The average Bonchev–Trinajstić information content (AvgIpc) is 2.52. The average molecular weight is 347 g/mol. The molecule has 0 heterocycles. The summed E-state index contributed by atoms with van der Waals surface area (Å²) in [4.78, 5) is 36.9. The van der Waals surface area contributed by atoms with Gasteiger partial charge in [0, 0.05) is 11.1 Å². The van der Waals surface area contributed by atoms with Gasteiger partial charge in [0.1, 0.15) is 5.75 Å². The third-order valence-electron chi connectivity index (χ3n) is 3.62. The Bertz CT molecular complexity index is 716. The number of ether oxygens (including phenoxy) is 1. The SMILES string of the molecule is CSCNC(=O)COc1cccc2c1C(=O)C=C(C(C)(C)C)C2=O. The summed E-state index contributed by atoms with van der Waals surface area (Å²) in [5.74, 6) is 0.0327. The van der Waals surface area contributed by atoms with E-state index in [-0.39, 0.29) is 35.4 Å². The molecule has 0 bridgehead atoms. The Morgan fingerprint density at radius 2 is 1.96 bits per heavy atom. The van der Waals surface area contributed by atoms with Crippen LogP contribution < -0.4 is 10.1 Å². The number of nitrogens with one attached hydrogen (secondary N) is 1. The number of carbonyl (C=O) groups is 3. The van der Waals surface area contributed by atoms with Crippen molar-refractivity contribution in [1.82, 2.24) is 5.32 Å². The molecular formula is C18H21NO4S. The molecule has 128 valence electrons. The highest BCUT2D eigenvalue weighted by Crippen LogP contribution is 2.36. The Morgan fingerprint density at radius 3 is 2.58 bits per heavy atom. The molecule has 1 aliphatic carbocycles. The second-order valence-corrected chi connectivity index (χ2v) is 7.37. The van der Waals surface area contributed by atoms with Gasteiger partial charge >= 0.3 is 0 Å². The predicted octanol–water partition coefficient (Wildman–Crippen LogP) is 2.85. The zero-order valence-electron chi connectivity index (χ0n) is 14.3. The Balaban J connectivity index is 2.28. The van der Waals surface area contributed by atoms with Crippen LogP contribution in [0.1, 0.15) is 41.5 Å². The van der Waals surface area contributed by atoms with Gasteiger partial charge in [-0.05, 0) is 23.8 Å². The third-order valence-corrected chi connectivity index (χ3v) is 4.05. The van der Waals surface area contributed by atoms with Gasteiger partial charge in [-0.15, -0.1) is 11.8 Å². The number of ketones is 2. The fraction of sp³-hybridized carbons (Fsp3) is 0.389. The molecule has 1 aliphatic rings. The molecule has 24 heavy (non-hydrogen) atoms. The van der Waals surface area contributed by atoms with E-state index in [1.54, 1.807) is 18.2 Å². The lowest BCUT2D eigenvalue weighted by molar-refractivity contribution is -0.122. The van der Waals surface area contributed by atoms with Gasteiger partial charge < -0.3 is 10.1 Å². The molecule has 0 saturated carbocycles. The lowest BCUT2D eigenvalue weighted by Crippen LogP contribution is -2.29. The molecule has 0 aliphatic heterocycles. The van der Waals surface area contributed by atoms with Gasteiger partial charge in [0.05, 0.1) is 11.4 Å². The second kappa shape index (κ2) is 7.21. The summed E-state index contributed by atoms with van der Waals surface area (Å²) in [5, 5.41) is 2.66. The van der Waals surface area contributed by atoms with Crippen molar-refractivity contribution in [3.05, 3.63) is 41.0 Å². The van der Waals surface area contributed by atoms with E-state index < -0.39 is 5.41 Å². The normalized spacial score (nSPS) is 14.1. The molecular weight excluding hydrogens is 326 g/mol. The highest BCUT2D eigenvalue weighted by Gasteiger charge is 2.33. The highest BCUT2D eigenvalue weighted by molar-refractivity contribution is 7.98. The van der Waals surface area contributed by atoms with Crippen LogP contribution in [-0.4, -0.2) is 36.2 Å². The minimum atomic E-state index is -0.418. The smallest absolute Gasteiger partial charge is 0.258 e. The van der Waals surface area contributed by atoms with E-state index >= 15 is 0 Å². The van der Waals surface area contributed by atoms with Gasteiger partial charge in [-0.1, -0.05) is 32.9 Å². The minimum Gasteiger partial charge on any atom is -0.483 e. The van der Waals surface area contributed by atoms with Crippen LogP contribution in [-0.2, 0) is 4.79 Å². The monoisotopic (exact) mass is 347 g/mol. The number of rotatable bonds is 5. The van der Waals surface area contributed by atoms with Crippen molar-refractivity contribution in [1.29, 1.82) is 0 Å². The number of amides is 1. The van der Waals surface area contributed by atoms with Crippen molar-refractivity contribution in [2.75, 3.05) is 18.7 Å². The molecule has 1 aromatic carbocycles. The number of allylic oxidation sites excluding steroid dienone is 2. The molecule has 0 spiro atoms. The molecule has 1 aromatic rings. The molecule has 0 saturated heterocycles. The van der Waals surface area contributed by atoms with Crippen LogP contribution in [0.2, 0.25) is 0 Å². The van der Waals surface area contributed by atoms with E-state index in [2.05, 4.69) is 5.32 Å². The van der Waals surface area contributed by atoms with Crippen molar-refractivity contribution >= 4 is 29.2 Å². The molecule has 6 heteroatoms. The molecule has 1 amide bonds. The summed E-state index contributed by atoms with van der Waals surface area (Å²) in [6.07, 6.45) is 3.25. The van der Waals surface area contributed by atoms with Crippen molar-refractivity contribution in [2.24, 2.45) is 5.41 Å². The molecule has 0 radical (unpaired) electrons. The van der Waals surface area contributed by atoms with Crippen molar-refractivity contribution < 1.29 is 19.1 Å². The van der Waals surface area contributed by atoms with E-state index in [4.69, 9.17) is 4.74 Å². The van der Waals surface area contributed by atoms with Crippen LogP contribution in [0, 0.1) is 5.41 Å². The predicted molar refractivity (Wildman–Crippen MR) is 94.7 cm³/mol. The molecule has 1 N–H and O–H groups in total. The Labute approximate surface area is 145 Å². The van der Waals surface area contributed by atoms with E-state index in [0.717, 1.165) is 0 Å². The summed E-state index contributed by atoms with van der Waals surface area (Å²) in [6.45, 7) is 5.48. The Hall–Kier alpha value is -2.08. The summed E-state index contributed by atoms with van der Waals surface area (Å²) in [6, 6.07) is 4.88. The number of hydrogen-bond acceptors (Lipinski definition) is 5. The number of fused-ring (bicyclic) bond motifs is 1. The van der Waals surface area contributed by atoms with Gasteiger partial charge in [-0.25, -0.2) is 0 Å². The molecule has 2 rings (SSSR count). The fourth-order valence-electron chi connectivity index (χ4n) is 2.41. The molecule has 0 fully saturated rings.